The Hall–Kier alpha value is -0.680. The monoisotopic (exact) mass is 241 g/mol. The maximum absolute atomic E-state index is 5.64. The normalized spacial score (nSPS) is 22.2. The van der Waals surface area contributed by atoms with Gasteiger partial charge in [0.05, 0.1) is 12.1 Å². The number of nitrogens with zero attached hydrogens (tertiary/aromatic N) is 2. The van der Waals surface area contributed by atoms with Gasteiger partial charge in [0.1, 0.15) is 5.82 Å². The fraction of sp³-hybridized carbons (Fsp3) is 0.818. The van der Waals surface area contributed by atoms with Crippen molar-refractivity contribution in [2.75, 3.05) is 11.9 Å². The highest BCUT2D eigenvalue weighted by Crippen LogP contribution is 2.20. The maximum Gasteiger partial charge on any atom is 0.202 e. The Kier molecular flexibility index (Phi) is 4.12. The Balaban J connectivity index is 1.87. The van der Waals surface area contributed by atoms with E-state index in [1.165, 1.54) is 18.0 Å². The Morgan fingerprint density at radius 1 is 1.62 bits per heavy atom. The van der Waals surface area contributed by atoms with Gasteiger partial charge in [-0.25, -0.2) is 4.98 Å². The second kappa shape index (κ2) is 5.59. The van der Waals surface area contributed by atoms with Crippen molar-refractivity contribution < 1.29 is 4.74 Å². The van der Waals surface area contributed by atoms with E-state index in [2.05, 4.69) is 28.5 Å². The molecule has 16 heavy (non-hydrogen) atoms. The van der Waals surface area contributed by atoms with Crippen LogP contribution < -0.4 is 5.32 Å². The van der Waals surface area contributed by atoms with Crippen molar-refractivity contribution in [1.82, 2.24) is 9.36 Å². The molecular weight excluding hydrogens is 222 g/mol. The summed E-state index contributed by atoms with van der Waals surface area (Å²) in [4.78, 5) is 4.45. The van der Waals surface area contributed by atoms with Gasteiger partial charge < -0.3 is 10.1 Å². The standard InChI is InChI=1S/C11H19N3OS/c1-3-5-10-13-11(16-14-10)12-8(2)9-6-4-7-15-9/h8-9H,3-7H2,1-2H3,(H,12,13,14). The van der Waals surface area contributed by atoms with E-state index < -0.39 is 0 Å². The fourth-order valence-corrected chi connectivity index (χ4v) is 2.63. The van der Waals surface area contributed by atoms with Crippen LogP contribution in [0.1, 0.15) is 38.9 Å². The van der Waals surface area contributed by atoms with Crippen LogP contribution in [0.25, 0.3) is 0 Å². The van der Waals surface area contributed by atoms with Crippen molar-refractivity contribution in [1.29, 1.82) is 0 Å². The molecule has 0 saturated carbocycles. The van der Waals surface area contributed by atoms with Crippen LogP contribution in [-0.2, 0) is 11.2 Å². The first kappa shape index (κ1) is 11.8. The van der Waals surface area contributed by atoms with Gasteiger partial charge in [-0.1, -0.05) is 6.92 Å². The van der Waals surface area contributed by atoms with E-state index in [9.17, 15) is 0 Å². The molecule has 1 aliphatic heterocycles. The summed E-state index contributed by atoms with van der Waals surface area (Å²) >= 11 is 1.45. The van der Waals surface area contributed by atoms with Crippen molar-refractivity contribution in [3.05, 3.63) is 5.82 Å². The van der Waals surface area contributed by atoms with Crippen molar-refractivity contribution in [2.24, 2.45) is 0 Å². The summed E-state index contributed by atoms with van der Waals surface area (Å²) in [6.45, 7) is 5.19. The van der Waals surface area contributed by atoms with Gasteiger partial charge in [-0.05, 0) is 26.2 Å². The molecule has 1 fully saturated rings. The zero-order valence-electron chi connectivity index (χ0n) is 9.90. The molecule has 0 aliphatic carbocycles. The Morgan fingerprint density at radius 3 is 3.19 bits per heavy atom. The summed E-state index contributed by atoms with van der Waals surface area (Å²) in [7, 11) is 0. The second-order valence-corrected chi connectivity index (χ2v) is 5.00. The van der Waals surface area contributed by atoms with E-state index in [4.69, 9.17) is 4.74 Å². The number of anilines is 1. The van der Waals surface area contributed by atoms with Gasteiger partial charge >= 0.3 is 0 Å². The molecule has 2 rings (SSSR count). The highest BCUT2D eigenvalue weighted by molar-refractivity contribution is 7.09. The van der Waals surface area contributed by atoms with Crippen LogP contribution in [0.2, 0.25) is 0 Å². The number of rotatable bonds is 5. The summed E-state index contributed by atoms with van der Waals surface area (Å²) in [5.41, 5.74) is 0. The molecule has 1 N–H and O–H groups in total. The van der Waals surface area contributed by atoms with E-state index in [1.807, 2.05) is 0 Å². The third-order valence-electron chi connectivity index (χ3n) is 2.82. The predicted octanol–water partition coefficient (Wildman–Crippen LogP) is 2.47. The fourth-order valence-electron chi connectivity index (χ4n) is 1.92. The van der Waals surface area contributed by atoms with Crippen LogP contribution in [0.15, 0.2) is 0 Å². The van der Waals surface area contributed by atoms with Crippen LogP contribution >= 0.6 is 11.5 Å². The SMILES string of the molecule is CCCc1nsc(NC(C)C2CCCO2)n1. The van der Waals surface area contributed by atoms with E-state index in [0.717, 1.165) is 36.8 Å². The molecule has 1 aliphatic rings. The van der Waals surface area contributed by atoms with Crippen LogP contribution in [-0.4, -0.2) is 28.1 Å². The lowest BCUT2D eigenvalue weighted by Gasteiger charge is -2.18. The first-order valence-electron chi connectivity index (χ1n) is 6.00. The topological polar surface area (TPSA) is 47.0 Å². The first-order chi connectivity index (χ1) is 7.79. The zero-order chi connectivity index (χ0) is 11.4. The van der Waals surface area contributed by atoms with Gasteiger partial charge in [-0.3, -0.25) is 0 Å². The number of hydrogen-bond donors (Lipinski definition) is 1. The van der Waals surface area contributed by atoms with Gasteiger partial charge in [0.2, 0.25) is 5.13 Å². The minimum Gasteiger partial charge on any atom is -0.376 e. The number of hydrogen-bond acceptors (Lipinski definition) is 5. The smallest absolute Gasteiger partial charge is 0.202 e. The van der Waals surface area contributed by atoms with Gasteiger partial charge in [-0.15, -0.1) is 0 Å². The summed E-state index contributed by atoms with van der Waals surface area (Å²) in [5.74, 6) is 0.953. The second-order valence-electron chi connectivity index (χ2n) is 4.25. The molecule has 90 valence electrons. The van der Waals surface area contributed by atoms with Gasteiger partial charge in [-0.2, -0.15) is 4.37 Å². The maximum atomic E-state index is 5.64. The molecule has 1 saturated heterocycles. The molecule has 2 atom stereocenters. The Labute approximate surface area is 101 Å². The van der Waals surface area contributed by atoms with E-state index in [1.54, 1.807) is 0 Å². The van der Waals surface area contributed by atoms with Crippen LogP contribution in [0.4, 0.5) is 5.13 Å². The molecule has 0 bridgehead atoms. The third kappa shape index (κ3) is 2.92. The Morgan fingerprint density at radius 2 is 2.50 bits per heavy atom. The molecule has 4 nitrogen and oxygen atoms in total. The van der Waals surface area contributed by atoms with Crippen molar-refractivity contribution >= 4 is 16.7 Å². The number of aryl methyl sites for hydroxylation is 1. The van der Waals surface area contributed by atoms with Crippen molar-refractivity contribution in [3.8, 4) is 0 Å². The highest BCUT2D eigenvalue weighted by atomic mass is 32.1. The van der Waals surface area contributed by atoms with E-state index in [-0.39, 0.29) is 0 Å². The number of nitrogens with one attached hydrogen (secondary N) is 1. The summed E-state index contributed by atoms with van der Waals surface area (Å²) in [6.07, 6.45) is 4.71. The van der Waals surface area contributed by atoms with Gasteiger partial charge in [0.15, 0.2) is 0 Å². The van der Waals surface area contributed by atoms with E-state index in [0.29, 0.717) is 12.1 Å². The van der Waals surface area contributed by atoms with Crippen LogP contribution in [0.3, 0.4) is 0 Å². The average molecular weight is 241 g/mol. The lowest BCUT2D eigenvalue weighted by molar-refractivity contribution is 0.0996. The van der Waals surface area contributed by atoms with Crippen LogP contribution in [0.5, 0.6) is 0 Å². The molecule has 0 radical (unpaired) electrons. The first-order valence-corrected chi connectivity index (χ1v) is 6.77. The van der Waals surface area contributed by atoms with Crippen molar-refractivity contribution in [2.45, 2.75) is 51.7 Å². The average Bonchev–Trinajstić information content (AvgIpc) is 2.89. The largest absolute Gasteiger partial charge is 0.376 e. The molecule has 0 amide bonds. The third-order valence-corrected chi connectivity index (χ3v) is 3.50. The molecule has 0 spiro atoms. The molecule has 2 heterocycles. The van der Waals surface area contributed by atoms with Gasteiger partial charge in [0, 0.05) is 24.6 Å². The van der Waals surface area contributed by atoms with Gasteiger partial charge in [0.25, 0.3) is 0 Å². The summed E-state index contributed by atoms with van der Waals surface area (Å²) in [6, 6.07) is 0.324. The highest BCUT2D eigenvalue weighted by Gasteiger charge is 2.22. The minimum atomic E-state index is 0.324. The quantitative estimate of drug-likeness (QED) is 0.860. The summed E-state index contributed by atoms with van der Waals surface area (Å²) in [5, 5.41) is 4.31. The van der Waals surface area contributed by atoms with Crippen LogP contribution in [0, 0.1) is 0 Å². The molecule has 1 aromatic heterocycles. The van der Waals surface area contributed by atoms with Crippen molar-refractivity contribution in [3.63, 3.8) is 0 Å². The lowest BCUT2D eigenvalue weighted by atomic mass is 10.1. The van der Waals surface area contributed by atoms with E-state index >= 15 is 0 Å². The Bertz CT molecular complexity index is 323. The minimum absolute atomic E-state index is 0.324. The molecule has 5 heteroatoms. The molecule has 2 unspecified atom stereocenters. The predicted molar refractivity (Wildman–Crippen MR) is 66.0 cm³/mol. The number of aromatic nitrogens is 2. The molecular formula is C11H19N3OS. The number of ether oxygens (including phenoxy) is 1. The molecule has 1 aromatic rings. The zero-order valence-corrected chi connectivity index (χ0v) is 10.7. The molecule has 0 aromatic carbocycles. The lowest BCUT2D eigenvalue weighted by Crippen LogP contribution is -2.29. The summed E-state index contributed by atoms with van der Waals surface area (Å²) < 4.78 is 9.95.